The van der Waals surface area contributed by atoms with Crippen molar-refractivity contribution >= 4 is 21.8 Å². The number of nitrogens with zero attached hydrogens (tertiary/aromatic N) is 1. The van der Waals surface area contributed by atoms with Crippen molar-refractivity contribution in [3.05, 3.63) is 26.7 Å². The van der Waals surface area contributed by atoms with Crippen LogP contribution in [-0.2, 0) is 11.3 Å². The molecule has 0 aromatic heterocycles. The normalized spacial score (nSPS) is 10.9. The minimum atomic E-state index is -0.331. The number of carbonyl (C=O) groups is 1. The van der Waals surface area contributed by atoms with E-state index >= 15 is 0 Å². The van der Waals surface area contributed by atoms with E-state index in [0.717, 1.165) is 26.9 Å². The molecule has 4 nitrogen and oxygen atoms in total. The van der Waals surface area contributed by atoms with Crippen molar-refractivity contribution in [1.29, 1.82) is 0 Å². The van der Waals surface area contributed by atoms with Crippen LogP contribution in [0.15, 0.2) is 4.47 Å². The zero-order valence-corrected chi connectivity index (χ0v) is 13.7. The average Bonchev–Trinajstić information content (AvgIpc) is 2.33. The fraction of sp³-hybridized carbons (Fsp3) is 0.500. The molecule has 1 aromatic carbocycles. The molecule has 2 N–H and O–H groups in total. The summed E-state index contributed by atoms with van der Waals surface area (Å²) in [6.07, 6.45) is 0. The number of amides is 1. The standard InChI is InChI=1S/C14H21BrN2O2/c1-8-9(2)14(19-5)11(10(3)13(8)15)6-17(4)7-12(16)18/h6-7H2,1-5H3,(H2,16,18). The molecule has 0 spiro atoms. The zero-order valence-electron chi connectivity index (χ0n) is 12.1. The molecule has 0 saturated carbocycles. The van der Waals surface area contributed by atoms with E-state index in [1.165, 1.54) is 5.56 Å². The second-order valence-corrected chi connectivity index (χ2v) is 5.63. The lowest BCUT2D eigenvalue weighted by Gasteiger charge is -2.22. The Morgan fingerprint density at radius 2 is 1.84 bits per heavy atom. The van der Waals surface area contributed by atoms with Gasteiger partial charge in [0, 0.05) is 16.6 Å². The molecule has 0 heterocycles. The second-order valence-electron chi connectivity index (χ2n) is 4.84. The number of primary amides is 1. The Hall–Kier alpha value is -1.07. The summed E-state index contributed by atoms with van der Waals surface area (Å²) in [6, 6.07) is 0. The van der Waals surface area contributed by atoms with E-state index < -0.39 is 0 Å². The first-order valence-electron chi connectivity index (χ1n) is 6.08. The maximum absolute atomic E-state index is 11.0. The number of carbonyl (C=O) groups excluding carboxylic acids is 1. The van der Waals surface area contributed by atoms with Gasteiger partial charge in [-0.1, -0.05) is 15.9 Å². The number of halogens is 1. The Morgan fingerprint density at radius 1 is 1.26 bits per heavy atom. The molecule has 1 amide bonds. The van der Waals surface area contributed by atoms with Crippen LogP contribution >= 0.6 is 15.9 Å². The predicted molar refractivity (Wildman–Crippen MR) is 80.4 cm³/mol. The Balaban J connectivity index is 3.22. The van der Waals surface area contributed by atoms with Gasteiger partial charge < -0.3 is 10.5 Å². The van der Waals surface area contributed by atoms with Crippen molar-refractivity contribution in [2.45, 2.75) is 27.3 Å². The fourth-order valence-electron chi connectivity index (χ4n) is 2.20. The van der Waals surface area contributed by atoms with E-state index in [4.69, 9.17) is 10.5 Å². The number of rotatable bonds is 5. The van der Waals surface area contributed by atoms with Gasteiger partial charge in [0.2, 0.25) is 5.91 Å². The first-order valence-corrected chi connectivity index (χ1v) is 6.87. The molecule has 106 valence electrons. The van der Waals surface area contributed by atoms with Crippen molar-refractivity contribution in [3.8, 4) is 5.75 Å². The van der Waals surface area contributed by atoms with Gasteiger partial charge in [-0.2, -0.15) is 0 Å². The molecule has 5 heteroatoms. The lowest BCUT2D eigenvalue weighted by atomic mass is 9.98. The lowest BCUT2D eigenvalue weighted by Crippen LogP contribution is -2.30. The predicted octanol–water partition coefficient (Wildman–Crippen LogP) is 2.30. The molecule has 0 unspecified atom stereocenters. The first-order chi connectivity index (χ1) is 8.79. The Kier molecular flexibility index (Phi) is 5.38. The first kappa shape index (κ1) is 16.0. The van der Waals surface area contributed by atoms with Gasteiger partial charge in [-0.15, -0.1) is 0 Å². The SMILES string of the molecule is COc1c(C)c(C)c(Br)c(C)c1CN(C)CC(N)=O. The molecule has 0 atom stereocenters. The molecule has 1 rings (SSSR count). The highest BCUT2D eigenvalue weighted by atomic mass is 79.9. The molecule has 0 bridgehead atoms. The molecule has 0 radical (unpaired) electrons. The number of ether oxygens (including phenoxy) is 1. The maximum Gasteiger partial charge on any atom is 0.231 e. The van der Waals surface area contributed by atoms with Crippen LogP contribution in [0, 0.1) is 20.8 Å². The van der Waals surface area contributed by atoms with E-state index in [1.807, 2.05) is 25.8 Å². The van der Waals surface area contributed by atoms with Crippen LogP contribution < -0.4 is 10.5 Å². The third-order valence-electron chi connectivity index (χ3n) is 3.35. The highest BCUT2D eigenvalue weighted by Gasteiger charge is 2.18. The minimum Gasteiger partial charge on any atom is -0.496 e. The molecule has 0 fully saturated rings. The number of nitrogens with two attached hydrogens (primary N) is 1. The summed E-state index contributed by atoms with van der Waals surface area (Å²) in [4.78, 5) is 12.9. The number of hydrogen-bond donors (Lipinski definition) is 1. The van der Waals surface area contributed by atoms with Gasteiger partial charge in [-0.3, -0.25) is 9.69 Å². The maximum atomic E-state index is 11.0. The monoisotopic (exact) mass is 328 g/mol. The third-order valence-corrected chi connectivity index (χ3v) is 4.54. The zero-order chi connectivity index (χ0) is 14.7. The quantitative estimate of drug-likeness (QED) is 0.902. The van der Waals surface area contributed by atoms with Crippen LogP contribution in [0.1, 0.15) is 22.3 Å². The van der Waals surface area contributed by atoms with Crippen molar-refractivity contribution in [2.24, 2.45) is 5.73 Å². The summed E-state index contributed by atoms with van der Waals surface area (Å²) in [5, 5.41) is 0. The molecular formula is C14H21BrN2O2. The smallest absolute Gasteiger partial charge is 0.231 e. The third kappa shape index (κ3) is 3.48. The summed E-state index contributed by atoms with van der Waals surface area (Å²) >= 11 is 3.62. The molecule has 0 aliphatic heterocycles. The van der Waals surface area contributed by atoms with Crippen LogP contribution in [0.3, 0.4) is 0 Å². The number of likely N-dealkylation sites (N-methyl/N-ethyl adjacent to an activating group) is 1. The van der Waals surface area contributed by atoms with Gasteiger partial charge in [0.15, 0.2) is 0 Å². The van der Waals surface area contributed by atoms with E-state index in [-0.39, 0.29) is 12.5 Å². The van der Waals surface area contributed by atoms with Crippen LogP contribution in [0.25, 0.3) is 0 Å². The van der Waals surface area contributed by atoms with Gasteiger partial charge in [0.25, 0.3) is 0 Å². The van der Waals surface area contributed by atoms with E-state index in [2.05, 4.69) is 22.9 Å². The summed E-state index contributed by atoms with van der Waals surface area (Å²) in [7, 11) is 3.54. The molecule has 0 aliphatic rings. The molecule has 0 aliphatic carbocycles. The highest BCUT2D eigenvalue weighted by Crippen LogP contribution is 2.36. The summed E-state index contributed by atoms with van der Waals surface area (Å²) in [5.74, 6) is 0.552. The van der Waals surface area contributed by atoms with Crippen molar-refractivity contribution < 1.29 is 9.53 Å². The molecular weight excluding hydrogens is 308 g/mol. The van der Waals surface area contributed by atoms with Gasteiger partial charge in [0.05, 0.1) is 13.7 Å². The van der Waals surface area contributed by atoms with E-state index in [1.54, 1.807) is 7.11 Å². The van der Waals surface area contributed by atoms with Gasteiger partial charge in [-0.05, 0) is 44.5 Å². The van der Waals surface area contributed by atoms with E-state index in [9.17, 15) is 4.79 Å². The minimum absolute atomic E-state index is 0.229. The Bertz CT molecular complexity index is 501. The number of hydrogen-bond acceptors (Lipinski definition) is 3. The number of methoxy groups -OCH3 is 1. The van der Waals surface area contributed by atoms with Crippen LogP contribution in [-0.4, -0.2) is 31.5 Å². The highest BCUT2D eigenvalue weighted by molar-refractivity contribution is 9.10. The topological polar surface area (TPSA) is 55.6 Å². The van der Waals surface area contributed by atoms with E-state index in [0.29, 0.717) is 6.54 Å². The summed E-state index contributed by atoms with van der Waals surface area (Å²) < 4.78 is 6.63. The summed E-state index contributed by atoms with van der Waals surface area (Å²) in [5.41, 5.74) is 9.73. The summed E-state index contributed by atoms with van der Waals surface area (Å²) in [6.45, 7) is 7.00. The molecule has 1 aromatic rings. The fourth-order valence-corrected chi connectivity index (χ4v) is 2.74. The number of benzene rings is 1. The van der Waals surface area contributed by atoms with Crippen LogP contribution in [0.5, 0.6) is 5.75 Å². The van der Waals surface area contributed by atoms with Crippen LogP contribution in [0.2, 0.25) is 0 Å². The average molecular weight is 329 g/mol. The van der Waals surface area contributed by atoms with Gasteiger partial charge >= 0.3 is 0 Å². The van der Waals surface area contributed by atoms with Crippen molar-refractivity contribution in [3.63, 3.8) is 0 Å². The Labute approximate surface area is 123 Å². The Morgan fingerprint density at radius 3 is 2.32 bits per heavy atom. The largest absolute Gasteiger partial charge is 0.496 e. The van der Waals surface area contributed by atoms with Gasteiger partial charge in [-0.25, -0.2) is 0 Å². The van der Waals surface area contributed by atoms with Crippen molar-refractivity contribution in [2.75, 3.05) is 20.7 Å². The lowest BCUT2D eigenvalue weighted by molar-refractivity contribution is -0.118. The second kappa shape index (κ2) is 6.39. The molecule has 19 heavy (non-hydrogen) atoms. The molecule has 0 saturated heterocycles. The van der Waals surface area contributed by atoms with Crippen molar-refractivity contribution in [1.82, 2.24) is 4.90 Å². The van der Waals surface area contributed by atoms with Crippen LogP contribution in [0.4, 0.5) is 0 Å². The van der Waals surface area contributed by atoms with Gasteiger partial charge in [0.1, 0.15) is 5.75 Å².